The van der Waals surface area contributed by atoms with Crippen LogP contribution in [0.1, 0.15) is 30.8 Å². The highest BCUT2D eigenvalue weighted by Crippen LogP contribution is 2.16. The topological polar surface area (TPSA) is 67.6 Å². The maximum Gasteiger partial charge on any atom is 0.193 e. The molecule has 0 amide bonds. The van der Waals surface area contributed by atoms with Gasteiger partial charge in [-0.1, -0.05) is 13.0 Å². The molecule has 0 bridgehead atoms. The van der Waals surface area contributed by atoms with E-state index in [4.69, 9.17) is 9.73 Å². The average molecular weight is 500 g/mol. The van der Waals surface area contributed by atoms with E-state index in [0.717, 1.165) is 43.6 Å². The zero-order valence-electron chi connectivity index (χ0n) is 17.6. The van der Waals surface area contributed by atoms with Crippen molar-refractivity contribution >= 4 is 29.9 Å². The third-order valence-electron chi connectivity index (χ3n) is 4.20. The number of halogens is 1. The molecular formula is C20H33IN6O. The number of ether oxygens (including phenoxy) is 1. The van der Waals surface area contributed by atoms with Crippen molar-refractivity contribution in [2.24, 2.45) is 4.99 Å². The molecule has 1 N–H and O–H groups in total. The van der Waals surface area contributed by atoms with Crippen molar-refractivity contribution < 1.29 is 4.74 Å². The highest BCUT2D eigenvalue weighted by Gasteiger charge is 2.07. The quantitative estimate of drug-likeness (QED) is 0.326. The predicted molar refractivity (Wildman–Crippen MR) is 125 cm³/mol. The molecule has 1 aromatic heterocycles. The van der Waals surface area contributed by atoms with Crippen molar-refractivity contribution in [2.45, 2.75) is 40.7 Å². The fraction of sp³-hybridized carbons (Fsp3) is 0.550. The summed E-state index contributed by atoms with van der Waals surface area (Å²) in [5, 5.41) is 11.4. The highest BCUT2D eigenvalue weighted by atomic mass is 127. The standard InChI is InChI=1S/C20H32N6O.HI/c1-6-19-24-23-15-26(19)9-8-22-20(21-7-2)25(5)10-11-27-18-13-16(3)12-17(4)14-18;/h12-15H,6-11H2,1-5H3,(H,21,22);1H. The Morgan fingerprint density at radius 2 is 1.93 bits per heavy atom. The van der Waals surface area contributed by atoms with Gasteiger partial charge in [-0.2, -0.15) is 0 Å². The van der Waals surface area contributed by atoms with Crippen LogP contribution in [-0.2, 0) is 13.0 Å². The van der Waals surface area contributed by atoms with Gasteiger partial charge in [-0.3, -0.25) is 4.99 Å². The molecule has 0 fully saturated rings. The van der Waals surface area contributed by atoms with Gasteiger partial charge in [0.2, 0.25) is 0 Å². The summed E-state index contributed by atoms with van der Waals surface area (Å²) in [7, 11) is 2.03. The van der Waals surface area contributed by atoms with Crippen LogP contribution in [0, 0.1) is 13.8 Å². The molecule has 0 spiro atoms. The lowest BCUT2D eigenvalue weighted by molar-refractivity contribution is 0.281. The number of likely N-dealkylation sites (N-methyl/N-ethyl adjacent to an activating group) is 1. The minimum Gasteiger partial charge on any atom is -0.492 e. The molecule has 28 heavy (non-hydrogen) atoms. The van der Waals surface area contributed by atoms with Crippen LogP contribution in [0.5, 0.6) is 5.75 Å². The maximum atomic E-state index is 5.92. The van der Waals surface area contributed by atoms with Crippen LogP contribution >= 0.6 is 24.0 Å². The van der Waals surface area contributed by atoms with Crippen LogP contribution in [0.15, 0.2) is 29.5 Å². The van der Waals surface area contributed by atoms with E-state index in [1.54, 1.807) is 6.33 Å². The van der Waals surface area contributed by atoms with E-state index in [1.807, 2.05) is 7.05 Å². The van der Waals surface area contributed by atoms with Gasteiger partial charge in [0, 0.05) is 26.6 Å². The van der Waals surface area contributed by atoms with Gasteiger partial charge >= 0.3 is 0 Å². The van der Waals surface area contributed by atoms with Crippen LogP contribution < -0.4 is 10.1 Å². The summed E-state index contributed by atoms with van der Waals surface area (Å²) in [6.07, 6.45) is 2.64. The monoisotopic (exact) mass is 500 g/mol. The van der Waals surface area contributed by atoms with Crippen molar-refractivity contribution in [1.82, 2.24) is 25.0 Å². The second-order valence-corrected chi connectivity index (χ2v) is 6.62. The van der Waals surface area contributed by atoms with E-state index in [0.29, 0.717) is 13.2 Å². The molecule has 8 heteroatoms. The van der Waals surface area contributed by atoms with E-state index >= 15 is 0 Å². The summed E-state index contributed by atoms with van der Waals surface area (Å²) in [5.74, 6) is 2.79. The fourth-order valence-corrected chi connectivity index (χ4v) is 2.90. The normalized spacial score (nSPS) is 11.1. The summed E-state index contributed by atoms with van der Waals surface area (Å²) in [5.41, 5.74) is 2.43. The second-order valence-electron chi connectivity index (χ2n) is 6.62. The highest BCUT2D eigenvalue weighted by molar-refractivity contribution is 14.0. The Labute approximate surface area is 185 Å². The number of aliphatic imine (C=N–C) groups is 1. The number of guanidine groups is 1. The minimum absolute atomic E-state index is 0. The van der Waals surface area contributed by atoms with Gasteiger partial charge in [-0.05, 0) is 44.0 Å². The molecule has 0 radical (unpaired) electrons. The SMILES string of the molecule is CCNC(=NCCn1cnnc1CC)N(C)CCOc1cc(C)cc(C)c1.I. The number of rotatable bonds is 9. The molecule has 7 nitrogen and oxygen atoms in total. The first-order chi connectivity index (χ1) is 13.0. The lowest BCUT2D eigenvalue weighted by Crippen LogP contribution is -2.41. The first-order valence-corrected chi connectivity index (χ1v) is 9.60. The number of hydrogen-bond donors (Lipinski definition) is 1. The number of aryl methyl sites for hydroxylation is 3. The van der Waals surface area contributed by atoms with Gasteiger partial charge in [-0.25, -0.2) is 0 Å². The summed E-state index contributed by atoms with van der Waals surface area (Å²) in [4.78, 5) is 6.81. The Morgan fingerprint density at radius 3 is 2.57 bits per heavy atom. The number of hydrogen-bond acceptors (Lipinski definition) is 4. The molecule has 156 valence electrons. The number of nitrogens with one attached hydrogen (secondary N) is 1. The van der Waals surface area contributed by atoms with Crippen LogP contribution in [-0.4, -0.2) is 58.9 Å². The first kappa shape index (κ1) is 24.2. The van der Waals surface area contributed by atoms with E-state index in [2.05, 4.69) is 70.9 Å². The minimum atomic E-state index is 0. The fourth-order valence-electron chi connectivity index (χ4n) is 2.90. The lowest BCUT2D eigenvalue weighted by atomic mass is 10.1. The van der Waals surface area contributed by atoms with Crippen molar-refractivity contribution in [3.8, 4) is 5.75 Å². The van der Waals surface area contributed by atoms with Gasteiger partial charge in [0.15, 0.2) is 5.96 Å². The Hall–Kier alpha value is -1.84. The molecule has 1 aromatic carbocycles. The summed E-state index contributed by atoms with van der Waals surface area (Å²) < 4.78 is 7.97. The summed E-state index contributed by atoms with van der Waals surface area (Å²) in [6.45, 7) is 12.0. The van der Waals surface area contributed by atoms with E-state index in [1.165, 1.54) is 11.1 Å². The Kier molecular flexibility index (Phi) is 10.9. The van der Waals surface area contributed by atoms with E-state index < -0.39 is 0 Å². The van der Waals surface area contributed by atoms with Crippen LogP contribution in [0.25, 0.3) is 0 Å². The summed E-state index contributed by atoms with van der Waals surface area (Å²) >= 11 is 0. The molecule has 0 aliphatic carbocycles. The summed E-state index contributed by atoms with van der Waals surface area (Å²) in [6, 6.07) is 6.28. The molecule has 0 unspecified atom stereocenters. The molecule has 0 saturated carbocycles. The number of benzene rings is 1. The van der Waals surface area contributed by atoms with Crippen molar-refractivity contribution in [1.29, 1.82) is 0 Å². The zero-order valence-corrected chi connectivity index (χ0v) is 19.9. The van der Waals surface area contributed by atoms with Crippen molar-refractivity contribution in [2.75, 3.05) is 33.3 Å². The number of aromatic nitrogens is 3. The molecule has 0 aliphatic rings. The van der Waals surface area contributed by atoms with Gasteiger partial charge < -0.3 is 19.5 Å². The maximum absolute atomic E-state index is 5.92. The predicted octanol–water partition coefficient (Wildman–Crippen LogP) is 3.05. The molecule has 1 heterocycles. The first-order valence-electron chi connectivity index (χ1n) is 9.60. The van der Waals surface area contributed by atoms with E-state index in [9.17, 15) is 0 Å². The Balaban J connectivity index is 0.00000392. The van der Waals surface area contributed by atoms with Crippen LogP contribution in [0.3, 0.4) is 0 Å². The second kappa shape index (κ2) is 12.6. The third kappa shape index (κ3) is 7.65. The smallest absolute Gasteiger partial charge is 0.193 e. The molecule has 2 rings (SSSR count). The van der Waals surface area contributed by atoms with Crippen molar-refractivity contribution in [3.63, 3.8) is 0 Å². The molecular weight excluding hydrogens is 467 g/mol. The van der Waals surface area contributed by atoms with Gasteiger partial charge in [0.1, 0.15) is 24.5 Å². The molecule has 2 aromatic rings. The van der Waals surface area contributed by atoms with Crippen molar-refractivity contribution in [3.05, 3.63) is 41.5 Å². The van der Waals surface area contributed by atoms with Gasteiger partial charge in [0.05, 0.1) is 13.1 Å². The zero-order chi connectivity index (χ0) is 19.6. The van der Waals surface area contributed by atoms with Crippen LogP contribution in [0.4, 0.5) is 0 Å². The Bertz CT molecular complexity index is 726. The van der Waals surface area contributed by atoms with Crippen LogP contribution in [0.2, 0.25) is 0 Å². The Morgan fingerprint density at radius 1 is 1.21 bits per heavy atom. The largest absolute Gasteiger partial charge is 0.492 e. The molecule has 0 atom stereocenters. The third-order valence-corrected chi connectivity index (χ3v) is 4.20. The molecule has 0 aliphatic heterocycles. The lowest BCUT2D eigenvalue weighted by Gasteiger charge is -2.22. The van der Waals surface area contributed by atoms with E-state index in [-0.39, 0.29) is 24.0 Å². The number of nitrogens with zero attached hydrogens (tertiary/aromatic N) is 5. The van der Waals surface area contributed by atoms with Gasteiger partial charge in [0.25, 0.3) is 0 Å². The van der Waals surface area contributed by atoms with Gasteiger partial charge in [-0.15, -0.1) is 34.2 Å². The average Bonchev–Trinajstić information content (AvgIpc) is 3.07. The molecule has 0 saturated heterocycles.